The first kappa shape index (κ1) is 12.6. The Morgan fingerprint density at radius 2 is 2.08 bits per heavy atom. The van der Waals surface area contributed by atoms with Crippen molar-refractivity contribution in [3.05, 3.63) is 0 Å². The van der Waals surface area contributed by atoms with Gasteiger partial charge >= 0.3 is 15.3 Å². The first-order chi connectivity index (χ1) is 6.06. The van der Waals surface area contributed by atoms with E-state index in [0.29, 0.717) is 12.5 Å². The van der Waals surface area contributed by atoms with Gasteiger partial charge in [-0.25, -0.2) is 0 Å². The lowest BCUT2D eigenvalue weighted by atomic mass is 10.2. The molecule has 0 aromatic carbocycles. The molecule has 13 heavy (non-hydrogen) atoms. The van der Waals surface area contributed by atoms with Gasteiger partial charge in [0.15, 0.2) is 0 Å². The highest BCUT2D eigenvalue weighted by Crippen LogP contribution is 1.93. The van der Waals surface area contributed by atoms with Crippen molar-refractivity contribution in [3.63, 3.8) is 0 Å². The second kappa shape index (κ2) is 7.05. The molecule has 0 atom stereocenters. The molecule has 0 spiro atoms. The average Bonchev–Trinajstić information content (AvgIpc) is 2.03. The summed E-state index contributed by atoms with van der Waals surface area (Å²) < 4.78 is 14.8. The van der Waals surface area contributed by atoms with Crippen molar-refractivity contribution in [1.82, 2.24) is 0 Å². The normalized spacial score (nSPS) is 10.9. The van der Waals surface area contributed by atoms with Crippen molar-refractivity contribution in [2.75, 3.05) is 20.3 Å². The fourth-order valence-electron chi connectivity index (χ4n) is 0.609. The Labute approximate surface area is 81.0 Å². The molecule has 0 amide bonds. The van der Waals surface area contributed by atoms with Crippen LogP contribution in [0.3, 0.4) is 0 Å². The molecule has 0 aliphatic carbocycles. The van der Waals surface area contributed by atoms with Gasteiger partial charge in [-0.3, -0.25) is 4.79 Å². The molecule has 0 rings (SSSR count). The van der Waals surface area contributed by atoms with E-state index in [1.54, 1.807) is 6.55 Å². The predicted molar refractivity (Wildman–Crippen MR) is 50.4 cm³/mol. The van der Waals surface area contributed by atoms with Gasteiger partial charge in [-0.1, -0.05) is 13.8 Å². The van der Waals surface area contributed by atoms with Crippen LogP contribution < -0.4 is 0 Å². The van der Waals surface area contributed by atoms with E-state index in [9.17, 15) is 4.79 Å². The van der Waals surface area contributed by atoms with Crippen LogP contribution in [0.1, 0.15) is 13.8 Å². The van der Waals surface area contributed by atoms with Crippen LogP contribution in [0.15, 0.2) is 0 Å². The Bertz CT molecular complexity index is 149. The van der Waals surface area contributed by atoms with Crippen molar-refractivity contribution in [1.29, 1.82) is 0 Å². The zero-order valence-corrected chi connectivity index (χ0v) is 9.62. The van der Waals surface area contributed by atoms with Crippen molar-refractivity contribution >= 4 is 15.3 Å². The van der Waals surface area contributed by atoms with Crippen molar-refractivity contribution in [2.45, 2.75) is 20.4 Å². The Kier molecular flexibility index (Phi) is 6.84. The number of carbonyl (C=O) groups is 1. The van der Waals surface area contributed by atoms with Crippen molar-refractivity contribution < 1.29 is 18.4 Å². The first-order valence-electron chi connectivity index (χ1n) is 4.22. The summed E-state index contributed by atoms with van der Waals surface area (Å²) in [6, 6.07) is 0. The van der Waals surface area contributed by atoms with E-state index in [-0.39, 0.29) is 12.6 Å². The molecule has 0 N–H and O–H groups in total. The molecular formula is C8H17O4Si. The summed E-state index contributed by atoms with van der Waals surface area (Å²) in [7, 11) is 0.117. The van der Waals surface area contributed by atoms with Crippen LogP contribution in [0.25, 0.3) is 0 Å². The topological polar surface area (TPSA) is 44.8 Å². The van der Waals surface area contributed by atoms with Gasteiger partial charge < -0.3 is 13.6 Å². The predicted octanol–water partition coefficient (Wildman–Crippen LogP) is 0.967. The zero-order chi connectivity index (χ0) is 10.3. The highest BCUT2D eigenvalue weighted by atomic mass is 28.3. The average molecular weight is 205 g/mol. The molecule has 0 saturated carbocycles. The van der Waals surface area contributed by atoms with E-state index in [4.69, 9.17) is 13.6 Å². The number of ether oxygens (including phenoxy) is 1. The SMILES string of the molecule is CO[Si](C)OC(=O)COCC(C)C. The van der Waals surface area contributed by atoms with Crippen molar-refractivity contribution in [2.24, 2.45) is 5.92 Å². The minimum atomic E-state index is -1.41. The van der Waals surface area contributed by atoms with Gasteiger partial charge in [0.2, 0.25) is 0 Å². The monoisotopic (exact) mass is 205 g/mol. The molecule has 1 radical (unpaired) electrons. The highest BCUT2D eigenvalue weighted by molar-refractivity contribution is 6.44. The van der Waals surface area contributed by atoms with Crippen LogP contribution in [-0.2, 0) is 18.4 Å². The van der Waals surface area contributed by atoms with Crippen LogP contribution in [0.4, 0.5) is 0 Å². The third-order valence-corrected chi connectivity index (χ3v) is 2.31. The summed E-state index contributed by atoms with van der Waals surface area (Å²) in [5.41, 5.74) is 0. The number of hydrogen-bond acceptors (Lipinski definition) is 4. The quantitative estimate of drug-likeness (QED) is 0.606. The molecule has 4 nitrogen and oxygen atoms in total. The van der Waals surface area contributed by atoms with E-state index in [1.165, 1.54) is 7.11 Å². The van der Waals surface area contributed by atoms with Crippen LogP contribution >= 0.6 is 0 Å². The molecule has 0 unspecified atom stereocenters. The molecule has 5 heteroatoms. The standard InChI is InChI=1S/C8H17O4Si/c1-7(2)5-11-6-8(9)12-13(4)10-3/h7H,5-6H2,1-4H3. The van der Waals surface area contributed by atoms with Gasteiger partial charge in [0.1, 0.15) is 6.61 Å². The smallest absolute Gasteiger partial charge is 0.456 e. The summed E-state index contributed by atoms with van der Waals surface area (Å²) in [5.74, 6) is 0.0838. The lowest BCUT2D eigenvalue weighted by Gasteiger charge is -2.09. The largest absolute Gasteiger partial charge is 0.490 e. The summed E-state index contributed by atoms with van der Waals surface area (Å²) >= 11 is 0. The fraction of sp³-hybridized carbons (Fsp3) is 0.875. The number of hydrogen-bond donors (Lipinski definition) is 0. The molecular weight excluding hydrogens is 188 g/mol. The zero-order valence-electron chi connectivity index (χ0n) is 8.62. The summed E-state index contributed by atoms with van der Waals surface area (Å²) in [6.07, 6.45) is 0. The Balaban J connectivity index is 3.41. The molecule has 0 aromatic rings. The summed E-state index contributed by atoms with van der Waals surface area (Å²) in [5, 5.41) is 0. The Morgan fingerprint density at radius 1 is 1.46 bits per heavy atom. The van der Waals surface area contributed by atoms with Crippen LogP contribution in [0.5, 0.6) is 0 Å². The van der Waals surface area contributed by atoms with Gasteiger partial charge in [0.25, 0.3) is 0 Å². The lowest BCUT2D eigenvalue weighted by Crippen LogP contribution is -2.24. The van der Waals surface area contributed by atoms with E-state index in [1.807, 2.05) is 13.8 Å². The van der Waals surface area contributed by atoms with Gasteiger partial charge in [-0.15, -0.1) is 0 Å². The minimum absolute atomic E-state index is 0.0174. The van der Waals surface area contributed by atoms with Crippen molar-refractivity contribution in [3.8, 4) is 0 Å². The molecule has 77 valence electrons. The molecule has 0 aliphatic heterocycles. The third kappa shape index (κ3) is 7.95. The van der Waals surface area contributed by atoms with Gasteiger partial charge in [-0.2, -0.15) is 0 Å². The summed E-state index contributed by atoms with van der Waals surface area (Å²) in [4.78, 5) is 11.0. The van der Waals surface area contributed by atoms with E-state index in [2.05, 4.69) is 0 Å². The van der Waals surface area contributed by atoms with E-state index in [0.717, 1.165) is 0 Å². The number of rotatable bonds is 6. The molecule has 0 fully saturated rings. The molecule has 0 aromatic heterocycles. The lowest BCUT2D eigenvalue weighted by molar-refractivity contribution is -0.141. The maximum Gasteiger partial charge on any atom is 0.456 e. The fourth-order valence-corrected chi connectivity index (χ4v) is 1.07. The Hall–Kier alpha value is -0.393. The van der Waals surface area contributed by atoms with Crippen LogP contribution in [-0.4, -0.2) is 35.6 Å². The van der Waals surface area contributed by atoms with E-state index < -0.39 is 9.28 Å². The van der Waals surface area contributed by atoms with Crippen LogP contribution in [0, 0.1) is 5.92 Å². The Morgan fingerprint density at radius 3 is 2.54 bits per heavy atom. The minimum Gasteiger partial charge on any atom is -0.490 e. The summed E-state index contributed by atoms with van der Waals surface area (Å²) in [6.45, 7) is 6.40. The van der Waals surface area contributed by atoms with Gasteiger partial charge in [0, 0.05) is 13.7 Å². The maximum absolute atomic E-state index is 11.0. The molecule has 0 bridgehead atoms. The van der Waals surface area contributed by atoms with Gasteiger partial charge in [-0.05, 0) is 12.5 Å². The molecule has 0 heterocycles. The maximum atomic E-state index is 11.0. The number of carbonyl (C=O) groups excluding carboxylic acids is 1. The third-order valence-electron chi connectivity index (χ3n) is 1.22. The second-order valence-corrected chi connectivity index (χ2v) is 4.67. The second-order valence-electron chi connectivity index (χ2n) is 3.08. The van der Waals surface area contributed by atoms with Gasteiger partial charge in [0.05, 0.1) is 0 Å². The first-order valence-corrected chi connectivity index (χ1v) is 6.04. The molecule has 0 saturated heterocycles. The highest BCUT2D eigenvalue weighted by Gasteiger charge is 2.12. The molecule has 0 aliphatic rings. The van der Waals surface area contributed by atoms with E-state index >= 15 is 0 Å². The van der Waals surface area contributed by atoms with Crippen LogP contribution in [0.2, 0.25) is 6.55 Å².